The molecular weight excluding hydrogens is 216 g/mol. The number of hydrogen-bond donors (Lipinski definition) is 1. The van der Waals surface area contributed by atoms with Gasteiger partial charge in [0.15, 0.2) is 0 Å². The predicted octanol–water partition coefficient (Wildman–Crippen LogP) is 4.24. The van der Waals surface area contributed by atoms with Gasteiger partial charge < -0.3 is 5.11 Å². The van der Waals surface area contributed by atoms with Crippen LogP contribution in [0.25, 0.3) is 0 Å². The first-order valence-electron chi connectivity index (χ1n) is 6.15. The molecule has 0 aliphatic heterocycles. The Bertz CT molecular complexity index is 343. The highest BCUT2D eigenvalue weighted by molar-refractivity contribution is 7.98. The molecular formula is C14H20OS. The van der Waals surface area contributed by atoms with Crippen molar-refractivity contribution in [3.05, 3.63) is 23.8 Å². The van der Waals surface area contributed by atoms with Gasteiger partial charge >= 0.3 is 0 Å². The van der Waals surface area contributed by atoms with E-state index in [9.17, 15) is 5.11 Å². The quantitative estimate of drug-likeness (QED) is 0.792. The Balaban J connectivity index is 2.04. The molecule has 1 aliphatic carbocycles. The minimum absolute atomic E-state index is 0.414. The number of thioether (sulfide) groups is 1. The van der Waals surface area contributed by atoms with Crippen molar-refractivity contribution < 1.29 is 5.11 Å². The van der Waals surface area contributed by atoms with Gasteiger partial charge in [-0.15, -0.1) is 11.8 Å². The normalized spacial score (nSPS) is 17.6. The van der Waals surface area contributed by atoms with Crippen LogP contribution in [0.5, 0.6) is 5.75 Å². The van der Waals surface area contributed by atoms with E-state index in [0.29, 0.717) is 5.75 Å². The Kier molecular flexibility index (Phi) is 4.16. The summed E-state index contributed by atoms with van der Waals surface area (Å²) in [6, 6.07) is 5.99. The van der Waals surface area contributed by atoms with Crippen LogP contribution in [-0.4, -0.2) is 11.4 Å². The number of phenolic OH excluding ortho intramolecular Hbond substituents is 1. The second kappa shape index (κ2) is 5.62. The Morgan fingerprint density at radius 3 is 2.62 bits per heavy atom. The summed E-state index contributed by atoms with van der Waals surface area (Å²) < 4.78 is 0. The van der Waals surface area contributed by atoms with Gasteiger partial charge in [0.25, 0.3) is 0 Å². The van der Waals surface area contributed by atoms with Crippen molar-refractivity contribution in [1.82, 2.24) is 0 Å². The molecule has 2 rings (SSSR count). The van der Waals surface area contributed by atoms with Gasteiger partial charge in [0.2, 0.25) is 0 Å². The van der Waals surface area contributed by atoms with Crippen LogP contribution in [0.4, 0.5) is 0 Å². The second-order valence-corrected chi connectivity index (χ2v) is 5.63. The molecule has 1 aliphatic rings. The van der Waals surface area contributed by atoms with Crippen LogP contribution in [0.1, 0.15) is 37.7 Å². The topological polar surface area (TPSA) is 20.2 Å². The van der Waals surface area contributed by atoms with Gasteiger partial charge in [0, 0.05) is 4.90 Å². The largest absolute Gasteiger partial charge is 0.508 e. The maximum absolute atomic E-state index is 9.64. The molecule has 1 aromatic rings. The number of aromatic hydroxyl groups is 1. The van der Waals surface area contributed by atoms with Crippen molar-refractivity contribution in [3.8, 4) is 5.75 Å². The fourth-order valence-electron chi connectivity index (χ4n) is 2.60. The van der Waals surface area contributed by atoms with Crippen molar-refractivity contribution in [2.75, 3.05) is 6.26 Å². The van der Waals surface area contributed by atoms with Gasteiger partial charge in [-0.2, -0.15) is 0 Å². The Morgan fingerprint density at radius 1 is 1.19 bits per heavy atom. The number of hydrogen-bond acceptors (Lipinski definition) is 2. The van der Waals surface area contributed by atoms with Crippen LogP contribution in [0.2, 0.25) is 0 Å². The van der Waals surface area contributed by atoms with Gasteiger partial charge in [0.05, 0.1) is 0 Å². The summed E-state index contributed by atoms with van der Waals surface area (Å²) in [5, 5.41) is 9.64. The summed E-state index contributed by atoms with van der Waals surface area (Å²) in [7, 11) is 0. The van der Waals surface area contributed by atoms with E-state index in [-0.39, 0.29) is 0 Å². The maximum atomic E-state index is 9.64. The lowest BCUT2D eigenvalue weighted by Gasteiger charge is -2.21. The lowest BCUT2D eigenvalue weighted by atomic mass is 9.85. The van der Waals surface area contributed by atoms with Crippen molar-refractivity contribution in [3.63, 3.8) is 0 Å². The third-order valence-electron chi connectivity index (χ3n) is 3.44. The van der Waals surface area contributed by atoms with Gasteiger partial charge in [0.1, 0.15) is 5.75 Å². The average Bonchev–Trinajstić information content (AvgIpc) is 2.29. The molecule has 1 nitrogen and oxygen atoms in total. The third-order valence-corrected chi connectivity index (χ3v) is 4.14. The third kappa shape index (κ3) is 3.18. The molecule has 2 heteroatoms. The predicted molar refractivity (Wildman–Crippen MR) is 70.2 cm³/mol. The summed E-state index contributed by atoms with van der Waals surface area (Å²) in [6.07, 6.45) is 10.1. The van der Waals surface area contributed by atoms with E-state index < -0.39 is 0 Å². The molecule has 0 spiro atoms. The first-order valence-corrected chi connectivity index (χ1v) is 7.37. The first-order chi connectivity index (χ1) is 7.78. The number of rotatable bonds is 3. The van der Waals surface area contributed by atoms with Gasteiger partial charge in [-0.3, -0.25) is 0 Å². The van der Waals surface area contributed by atoms with Gasteiger partial charge in [-0.05, 0) is 42.4 Å². The van der Waals surface area contributed by atoms with E-state index in [1.165, 1.54) is 42.6 Å². The van der Waals surface area contributed by atoms with Crippen LogP contribution in [-0.2, 0) is 6.42 Å². The Morgan fingerprint density at radius 2 is 1.94 bits per heavy atom. The molecule has 16 heavy (non-hydrogen) atoms. The van der Waals surface area contributed by atoms with E-state index in [1.807, 2.05) is 12.1 Å². The smallest absolute Gasteiger partial charge is 0.116 e. The van der Waals surface area contributed by atoms with Crippen molar-refractivity contribution >= 4 is 11.8 Å². The van der Waals surface area contributed by atoms with Crippen molar-refractivity contribution in [2.24, 2.45) is 5.92 Å². The molecule has 0 bridgehead atoms. The summed E-state index contributed by atoms with van der Waals surface area (Å²) >= 11 is 1.70. The summed E-state index contributed by atoms with van der Waals surface area (Å²) in [4.78, 5) is 1.17. The molecule has 1 aromatic carbocycles. The summed E-state index contributed by atoms with van der Waals surface area (Å²) in [5.74, 6) is 1.25. The lowest BCUT2D eigenvalue weighted by Crippen LogP contribution is -2.09. The zero-order valence-electron chi connectivity index (χ0n) is 9.91. The van der Waals surface area contributed by atoms with Crippen LogP contribution in [0, 0.1) is 5.92 Å². The van der Waals surface area contributed by atoms with Crippen LogP contribution in [0.15, 0.2) is 23.1 Å². The van der Waals surface area contributed by atoms with Gasteiger partial charge in [-0.1, -0.05) is 32.1 Å². The molecule has 0 aromatic heterocycles. The highest BCUT2D eigenvalue weighted by Gasteiger charge is 2.14. The molecule has 88 valence electrons. The molecule has 1 fully saturated rings. The van der Waals surface area contributed by atoms with Crippen molar-refractivity contribution in [2.45, 2.75) is 43.4 Å². The highest BCUT2D eigenvalue weighted by atomic mass is 32.2. The monoisotopic (exact) mass is 236 g/mol. The number of phenols is 1. The van der Waals surface area contributed by atoms with Gasteiger partial charge in [-0.25, -0.2) is 0 Å². The molecule has 0 amide bonds. The molecule has 1 N–H and O–H groups in total. The first kappa shape index (κ1) is 11.8. The van der Waals surface area contributed by atoms with E-state index in [4.69, 9.17) is 0 Å². The Hall–Kier alpha value is -0.630. The van der Waals surface area contributed by atoms with Crippen molar-refractivity contribution in [1.29, 1.82) is 0 Å². The summed E-state index contributed by atoms with van der Waals surface area (Å²) in [5.41, 5.74) is 1.30. The standard InChI is InChI=1S/C14H20OS/c1-16-14-9-12(8-13(15)10-14)7-11-5-3-2-4-6-11/h8-11,15H,2-7H2,1H3. The maximum Gasteiger partial charge on any atom is 0.116 e. The fourth-order valence-corrected chi connectivity index (χ4v) is 3.11. The molecule has 0 unspecified atom stereocenters. The Labute approximate surface area is 102 Å². The minimum Gasteiger partial charge on any atom is -0.508 e. The van der Waals surface area contributed by atoms with Crippen LogP contribution >= 0.6 is 11.8 Å². The lowest BCUT2D eigenvalue weighted by molar-refractivity contribution is 0.356. The minimum atomic E-state index is 0.414. The van der Waals surface area contributed by atoms with E-state index in [1.54, 1.807) is 11.8 Å². The zero-order chi connectivity index (χ0) is 11.4. The second-order valence-electron chi connectivity index (χ2n) is 4.75. The molecule has 1 saturated carbocycles. The highest BCUT2D eigenvalue weighted by Crippen LogP contribution is 2.29. The van der Waals surface area contributed by atoms with Crippen LogP contribution < -0.4 is 0 Å². The molecule has 0 atom stereocenters. The molecule has 0 saturated heterocycles. The molecule has 0 radical (unpaired) electrons. The SMILES string of the molecule is CSc1cc(O)cc(CC2CCCCC2)c1. The number of benzene rings is 1. The fraction of sp³-hybridized carbons (Fsp3) is 0.571. The molecule has 0 heterocycles. The van der Waals surface area contributed by atoms with E-state index in [2.05, 4.69) is 12.3 Å². The van der Waals surface area contributed by atoms with E-state index >= 15 is 0 Å². The van der Waals surface area contributed by atoms with Crippen LogP contribution in [0.3, 0.4) is 0 Å². The summed E-state index contributed by atoms with van der Waals surface area (Å²) in [6.45, 7) is 0. The van der Waals surface area contributed by atoms with E-state index in [0.717, 1.165) is 12.3 Å². The zero-order valence-corrected chi connectivity index (χ0v) is 10.7. The average molecular weight is 236 g/mol.